The van der Waals surface area contributed by atoms with Crippen LogP contribution in [0.2, 0.25) is 0 Å². The van der Waals surface area contributed by atoms with E-state index in [1.165, 1.54) is 38.5 Å². The van der Waals surface area contributed by atoms with E-state index in [4.69, 9.17) is 0 Å². The van der Waals surface area contributed by atoms with E-state index < -0.39 is 6.04 Å². The quantitative estimate of drug-likeness (QED) is 0.627. The van der Waals surface area contributed by atoms with E-state index in [2.05, 4.69) is 12.2 Å². The van der Waals surface area contributed by atoms with Gasteiger partial charge in [0.05, 0.1) is 0 Å². The molecule has 1 N–H and O–H groups in total. The van der Waals surface area contributed by atoms with Gasteiger partial charge in [-0.3, -0.25) is 14.9 Å². The fraction of sp³-hybridized carbons (Fsp3) is 0.941. The SMILES string of the molecule is CC[C@H](NC(=O)[C@H]1C[C@@H]1[N+](=O)[O-])C12CC3CC(CC(C3)C1)C2. The number of hydrogen-bond donors (Lipinski definition) is 1. The van der Waals surface area contributed by atoms with Gasteiger partial charge in [-0.25, -0.2) is 0 Å². The second-order valence-corrected chi connectivity index (χ2v) is 8.44. The summed E-state index contributed by atoms with van der Waals surface area (Å²) in [6.45, 7) is 2.15. The van der Waals surface area contributed by atoms with Gasteiger partial charge < -0.3 is 5.32 Å². The average Bonchev–Trinajstić information content (AvgIpc) is 3.23. The minimum atomic E-state index is -0.631. The van der Waals surface area contributed by atoms with E-state index >= 15 is 0 Å². The molecule has 0 aromatic rings. The van der Waals surface area contributed by atoms with E-state index in [9.17, 15) is 14.9 Å². The molecule has 0 aromatic heterocycles. The zero-order valence-corrected chi connectivity index (χ0v) is 13.3. The molecular formula is C17H26N2O3. The Hall–Kier alpha value is -1.13. The topological polar surface area (TPSA) is 72.2 Å². The minimum Gasteiger partial charge on any atom is -0.352 e. The normalized spacial score (nSPS) is 46.3. The lowest BCUT2D eigenvalue weighted by atomic mass is 9.47. The van der Waals surface area contributed by atoms with Crippen molar-refractivity contribution in [1.82, 2.24) is 5.32 Å². The Labute approximate surface area is 131 Å². The van der Waals surface area contributed by atoms with Crippen molar-refractivity contribution >= 4 is 5.91 Å². The van der Waals surface area contributed by atoms with Crippen molar-refractivity contribution in [2.24, 2.45) is 29.1 Å². The molecule has 0 aliphatic heterocycles. The van der Waals surface area contributed by atoms with Crippen LogP contribution in [0.15, 0.2) is 0 Å². The first-order valence-electron chi connectivity index (χ1n) is 8.94. The molecule has 122 valence electrons. The number of nitrogens with zero attached hydrogens (tertiary/aromatic N) is 1. The Balaban J connectivity index is 1.46. The van der Waals surface area contributed by atoms with Crippen LogP contribution in [0, 0.1) is 39.2 Å². The van der Waals surface area contributed by atoms with Crippen LogP contribution in [0.5, 0.6) is 0 Å². The molecule has 5 fully saturated rings. The molecule has 0 heterocycles. The lowest BCUT2D eigenvalue weighted by molar-refractivity contribution is -0.497. The van der Waals surface area contributed by atoms with E-state index in [-0.39, 0.29) is 28.2 Å². The number of rotatable bonds is 5. The van der Waals surface area contributed by atoms with Crippen molar-refractivity contribution in [3.63, 3.8) is 0 Å². The second-order valence-electron chi connectivity index (χ2n) is 8.44. The number of hydrogen-bond acceptors (Lipinski definition) is 3. The zero-order chi connectivity index (χ0) is 15.5. The van der Waals surface area contributed by atoms with Crippen molar-refractivity contribution < 1.29 is 9.72 Å². The number of carbonyl (C=O) groups is 1. The fourth-order valence-electron chi connectivity index (χ4n) is 6.27. The Morgan fingerprint density at radius 2 is 1.73 bits per heavy atom. The summed E-state index contributed by atoms with van der Waals surface area (Å²) in [6.07, 6.45) is 9.37. The molecule has 5 nitrogen and oxygen atoms in total. The summed E-state index contributed by atoms with van der Waals surface area (Å²) in [6, 6.07) is -0.407. The summed E-state index contributed by atoms with van der Waals surface area (Å²) in [5, 5.41) is 14.0. The average molecular weight is 306 g/mol. The van der Waals surface area contributed by atoms with Gasteiger partial charge >= 0.3 is 0 Å². The Kier molecular flexibility index (Phi) is 3.24. The largest absolute Gasteiger partial charge is 0.352 e. The molecule has 5 aliphatic carbocycles. The first kappa shape index (κ1) is 14.5. The molecule has 5 heteroatoms. The summed E-state index contributed by atoms with van der Waals surface area (Å²) in [5.41, 5.74) is 0.290. The van der Waals surface area contributed by atoms with Crippen LogP contribution in [0.1, 0.15) is 58.3 Å². The van der Waals surface area contributed by atoms with Gasteiger partial charge in [-0.05, 0) is 68.1 Å². The van der Waals surface area contributed by atoms with Crippen LogP contribution < -0.4 is 5.32 Å². The van der Waals surface area contributed by atoms with Gasteiger partial charge in [0.15, 0.2) is 0 Å². The van der Waals surface area contributed by atoms with Crippen LogP contribution in [0.25, 0.3) is 0 Å². The van der Waals surface area contributed by atoms with Gasteiger partial charge in [0.1, 0.15) is 5.92 Å². The monoisotopic (exact) mass is 306 g/mol. The molecule has 5 saturated carbocycles. The summed E-state index contributed by atoms with van der Waals surface area (Å²) >= 11 is 0. The Morgan fingerprint density at radius 3 is 2.14 bits per heavy atom. The Morgan fingerprint density at radius 1 is 1.18 bits per heavy atom. The fourth-order valence-corrected chi connectivity index (χ4v) is 6.27. The van der Waals surface area contributed by atoms with Crippen LogP contribution in [0.4, 0.5) is 0 Å². The van der Waals surface area contributed by atoms with Crippen molar-refractivity contribution in [2.75, 3.05) is 0 Å². The van der Waals surface area contributed by atoms with E-state index in [0.717, 1.165) is 24.2 Å². The first-order chi connectivity index (χ1) is 10.5. The molecule has 0 saturated heterocycles. The summed E-state index contributed by atoms with van der Waals surface area (Å²) in [5.74, 6) is 2.15. The molecule has 0 aromatic carbocycles. The molecule has 0 radical (unpaired) electrons. The van der Waals surface area contributed by atoms with E-state index in [1.807, 2.05) is 0 Å². The van der Waals surface area contributed by atoms with E-state index in [1.54, 1.807) is 0 Å². The highest BCUT2D eigenvalue weighted by Gasteiger charge is 2.57. The van der Waals surface area contributed by atoms with Crippen LogP contribution in [-0.4, -0.2) is 22.9 Å². The van der Waals surface area contributed by atoms with Crippen LogP contribution in [-0.2, 0) is 4.79 Å². The highest BCUT2D eigenvalue weighted by Crippen LogP contribution is 2.61. The Bertz CT molecular complexity index is 469. The third kappa shape index (κ3) is 2.24. The number of nitro groups is 1. The van der Waals surface area contributed by atoms with Gasteiger partial charge in [-0.2, -0.15) is 0 Å². The lowest BCUT2D eigenvalue weighted by Crippen LogP contribution is -2.57. The second kappa shape index (κ2) is 4.93. The molecule has 22 heavy (non-hydrogen) atoms. The third-order valence-electron chi connectivity index (χ3n) is 6.91. The summed E-state index contributed by atoms with van der Waals surface area (Å²) in [7, 11) is 0. The standard InChI is InChI=1S/C17H26N2O3/c1-2-15(18-16(20)13-6-14(13)19(21)22)17-7-10-3-11(8-17)5-12(4-10)9-17/h10-15H,2-9H2,1H3,(H,18,20)/t10?,11?,12?,13-,14-,15-,17?/m0/s1. The predicted octanol–water partition coefficient (Wildman–Crippen LogP) is 2.76. The molecular weight excluding hydrogens is 280 g/mol. The minimum absolute atomic E-state index is 0.0655. The van der Waals surface area contributed by atoms with Crippen molar-refractivity contribution in [3.05, 3.63) is 10.1 Å². The lowest BCUT2D eigenvalue weighted by Gasteiger charge is -2.59. The van der Waals surface area contributed by atoms with Gasteiger partial charge in [0, 0.05) is 17.4 Å². The number of carbonyl (C=O) groups excluding carboxylic acids is 1. The molecule has 0 unspecified atom stereocenters. The molecule has 4 bridgehead atoms. The van der Waals surface area contributed by atoms with E-state index in [0.29, 0.717) is 6.42 Å². The van der Waals surface area contributed by atoms with Gasteiger partial charge in [-0.15, -0.1) is 0 Å². The third-order valence-corrected chi connectivity index (χ3v) is 6.91. The van der Waals surface area contributed by atoms with Crippen molar-refractivity contribution in [3.8, 4) is 0 Å². The first-order valence-corrected chi connectivity index (χ1v) is 8.94. The maximum atomic E-state index is 12.4. The van der Waals surface area contributed by atoms with Gasteiger partial charge in [0.2, 0.25) is 11.9 Å². The van der Waals surface area contributed by atoms with Crippen molar-refractivity contribution in [2.45, 2.75) is 70.4 Å². The van der Waals surface area contributed by atoms with Crippen LogP contribution >= 0.6 is 0 Å². The molecule has 5 aliphatic rings. The highest BCUT2D eigenvalue weighted by molar-refractivity contribution is 5.82. The molecule has 1 amide bonds. The smallest absolute Gasteiger partial charge is 0.230 e. The number of nitrogens with one attached hydrogen (secondary N) is 1. The maximum Gasteiger partial charge on any atom is 0.230 e. The predicted molar refractivity (Wildman–Crippen MR) is 81.7 cm³/mol. The molecule has 3 atom stereocenters. The molecule has 0 spiro atoms. The van der Waals surface area contributed by atoms with Gasteiger partial charge in [0.25, 0.3) is 0 Å². The summed E-state index contributed by atoms with van der Waals surface area (Å²) < 4.78 is 0. The molecule has 5 rings (SSSR count). The van der Waals surface area contributed by atoms with Crippen molar-refractivity contribution in [1.29, 1.82) is 0 Å². The zero-order valence-electron chi connectivity index (χ0n) is 13.3. The van der Waals surface area contributed by atoms with Crippen LogP contribution in [0.3, 0.4) is 0 Å². The number of amides is 1. The summed E-state index contributed by atoms with van der Waals surface area (Å²) in [4.78, 5) is 22.9. The highest BCUT2D eigenvalue weighted by atomic mass is 16.6. The van der Waals surface area contributed by atoms with Gasteiger partial charge in [-0.1, -0.05) is 6.92 Å². The maximum absolute atomic E-state index is 12.4.